The molecule has 140 valence electrons. The van der Waals surface area contributed by atoms with Gasteiger partial charge in [-0.05, 0) is 87.3 Å². The summed E-state index contributed by atoms with van der Waals surface area (Å²) in [7, 11) is 0. The fourth-order valence-electron chi connectivity index (χ4n) is 3.23. The summed E-state index contributed by atoms with van der Waals surface area (Å²) in [5.74, 6) is 0. The second-order valence-electron chi connectivity index (χ2n) is 7.52. The van der Waals surface area contributed by atoms with E-state index in [1.165, 1.54) is 51.0 Å². The first-order valence-corrected chi connectivity index (χ1v) is 9.68. The summed E-state index contributed by atoms with van der Waals surface area (Å²) in [6.07, 6.45) is 8.41. The molecule has 0 bridgehead atoms. The van der Waals surface area contributed by atoms with Gasteiger partial charge in [0.15, 0.2) is 0 Å². The molecule has 1 aromatic rings. The van der Waals surface area contributed by atoms with E-state index in [1.807, 2.05) is 6.08 Å². The first-order chi connectivity index (χ1) is 12.3. The van der Waals surface area contributed by atoms with Crippen LogP contribution in [0.25, 0.3) is 0 Å². The number of rotatable bonds is 9. The standard InChI is InChI=1S/C26H36/c1-9-13-25-14-11-12-15-26(25)18-24(10-2)22(7)17-21(6)23(8)20(5)16-19(3)4/h10-12,14-16H,2,6,9,13,17-18H2,1,3-5,7-8H3/b23-20+,24-22+. The average Bonchev–Trinajstić information content (AvgIpc) is 2.59. The van der Waals surface area contributed by atoms with Crippen molar-refractivity contribution in [3.05, 3.63) is 94.1 Å². The van der Waals surface area contributed by atoms with E-state index >= 15 is 0 Å². The Morgan fingerprint density at radius 2 is 1.62 bits per heavy atom. The Morgan fingerprint density at radius 3 is 2.15 bits per heavy atom. The maximum atomic E-state index is 4.34. The van der Waals surface area contributed by atoms with Crippen molar-refractivity contribution in [2.24, 2.45) is 0 Å². The third-order valence-electron chi connectivity index (χ3n) is 4.92. The highest BCUT2D eigenvalue weighted by Gasteiger charge is 2.08. The predicted octanol–water partition coefficient (Wildman–Crippen LogP) is 7.93. The molecule has 26 heavy (non-hydrogen) atoms. The van der Waals surface area contributed by atoms with Gasteiger partial charge in [0.25, 0.3) is 0 Å². The maximum Gasteiger partial charge on any atom is -0.00237 e. The number of allylic oxidation sites excluding steroid dienone is 8. The van der Waals surface area contributed by atoms with E-state index in [1.54, 1.807) is 0 Å². The minimum absolute atomic E-state index is 0.900. The Morgan fingerprint density at radius 1 is 1.00 bits per heavy atom. The van der Waals surface area contributed by atoms with E-state index < -0.39 is 0 Å². The van der Waals surface area contributed by atoms with Crippen LogP contribution < -0.4 is 0 Å². The Labute approximate surface area is 161 Å². The lowest BCUT2D eigenvalue weighted by Gasteiger charge is -2.15. The van der Waals surface area contributed by atoms with Gasteiger partial charge in [-0.25, -0.2) is 0 Å². The van der Waals surface area contributed by atoms with E-state index in [9.17, 15) is 0 Å². The van der Waals surface area contributed by atoms with Gasteiger partial charge in [0.1, 0.15) is 0 Å². The highest BCUT2D eigenvalue weighted by atomic mass is 14.1. The largest absolute Gasteiger partial charge is 0.0988 e. The summed E-state index contributed by atoms with van der Waals surface area (Å²) in [5, 5.41) is 0. The molecule has 0 atom stereocenters. The second kappa shape index (κ2) is 10.8. The molecule has 0 N–H and O–H groups in total. The van der Waals surface area contributed by atoms with E-state index in [0.717, 1.165) is 19.3 Å². The Kier molecular flexibility index (Phi) is 9.13. The zero-order chi connectivity index (χ0) is 19.7. The van der Waals surface area contributed by atoms with Gasteiger partial charge in [-0.3, -0.25) is 0 Å². The van der Waals surface area contributed by atoms with Crippen LogP contribution in [0.4, 0.5) is 0 Å². The van der Waals surface area contributed by atoms with Crippen LogP contribution in [0.5, 0.6) is 0 Å². The van der Waals surface area contributed by atoms with Crippen LogP contribution in [0.1, 0.15) is 65.5 Å². The van der Waals surface area contributed by atoms with Gasteiger partial charge in [-0.15, -0.1) is 0 Å². The Balaban J connectivity index is 3.04. The minimum Gasteiger partial charge on any atom is -0.0988 e. The fourth-order valence-corrected chi connectivity index (χ4v) is 3.23. The molecule has 0 aromatic heterocycles. The van der Waals surface area contributed by atoms with Crippen LogP contribution in [-0.4, -0.2) is 0 Å². The van der Waals surface area contributed by atoms with Gasteiger partial charge in [-0.1, -0.05) is 74.1 Å². The fraction of sp³-hybridized carbons (Fsp3) is 0.385. The lowest BCUT2D eigenvalue weighted by molar-refractivity contribution is 0.901. The van der Waals surface area contributed by atoms with Crippen molar-refractivity contribution in [2.45, 2.75) is 67.2 Å². The summed E-state index contributed by atoms with van der Waals surface area (Å²) in [5.41, 5.74) is 10.7. The van der Waals surface area contributed by atoms with Crippen molar-refractivity contribution in [1.29, 1.82) is 0 Å². The SMILES string of the molecule is C=C/C(Cc1ccccc1CCC)=C(/C)CC(=C)/C(C)=C(\C)C=C(C)C. The van der Waals surface area contributed by atoms with Crippen molar-refractivity contribution in [1.82, 2.24) is 0 Å². The molecule has 0 radical (unpaired) electrons. The summed E-state index contributed by atoms with van der Waals surface area (Å²) < 4.78 is 0. The van der Waals surface area contributed by atoms with Crippen molar-refractivity contribution >= 4 is 0 Å². The molecule has 0 aliphatic carbocycles. The van der Waals surface area contributed by atoms with E-state index in [0.29, 0.717) is 0 Å². The molecule has 0 fully saturated rings. The van der Waals surface area contributed by atoms with Crippen molar-refractivity contribution in [3.8, 4) is 0 Å². The van der Waals surface area contributed by atoms with Gasteiger partial charge in [0.05, 0.1) is 0 Å². The molecular weight excluding hydrogens is 312 g/mol. The topological polar surface area (TPSA) is 0 Å². The third-order valence-corrected chi connectivity index (χ3v) is 4.92. The lowest BCUT2D eigenvalue weighted by Crippen LogP contribution is -1.99. The molecule has 0 spiro atoms. The van der Waals surface area contributed by atoms with Crippen molar-refractivity contribution in [2.75, 3.05) is 0 Å². The van der Waals surface area contributed by atoms with Crippen LogP contribution in [0.15, 0.2) is 83.0 Å². The van der Waals surface area contributed by atoms with Crippen LogP contribution in [-0.2, 0) is 12.8 Å². The smallest absolute Gasteiger partial charge is 0.00237 e. The summed E-state index contributed by atoms with van der Waals surface area (Å²) in [4.78, 5) is 0. The van der Waals surface area contributed by atoms with Crippen molar-refractivity contribution in [3.63, 3.8) is 0 Å². The molecule has 1 rings (SSSR count). The average molecular weight is 349 g/mol. The van der Waals surface area contributed by atoms with E-state index in [4.69, 9.17) is 0 Å². The molecular formula is C26H36. The van der Waals surface area contributed by atoms with E-state index in [2.05, 4.69) is 85.0 Å². The zero-order valence-corrected chi connectivity index (χ0v) is 17.7. The first-order valence-electron chi connectivity index (χ1n) is 9.68. The number of benzene rings is 1. The molecule has 0 saturated carbocycles. The monoisotopic (exact) mass is 348 g/mol. The quantitative estimate of drug-likeness (QED) is 0.397. The van der Waals surface area contributed by atoms with Gasteiger partial charge in [-0.2, -0.15) is 0 Å². The molecule has 0 aliphatic rings. The van der Waals surface area contributed by atoms with Crippen LogP contribution in [0.2, 0.25) is 0 Å². The summed E-state index contributed by atoms with van der Waals surface area (Å²) in [6, 6.07) is 8.78. The molecule has 0 aliphatic heterocycles. The van der Waals surface area contributed by atoms with Gasteiger partial charge >= 0.3 is 0 Å². The zero-order valence-electron chi connectivity index (χ0n) is 17.7. The van der Waals surface area contributed by atoms with Crippen molar-refractivity contribution < 1.29 is 0 Å². The Bertz CT molecular complexity index is 731. The predicted molar refractivity (Wildman–Crippen MR) is 119 cm³/mol. The molecule has 0 nitrogen and oxygen atoms in total. The molecule has 0 unspecified atom stereocenters. The molecule has 0 saturated heterocycles. The summed E-state index contributed by atoms with van der Waals surface area (Å²) >= 11 is 0. The molecule has 0 heteroatoms. The number of aryl methyl sites for hydroxylation is 1. The minimum atomic E-state index is 0.900. The second-order valence-corrected chi connectivity index (χ2v) is 7.52. The van der Waals surface area contributed by atoms with Crippen LogP contribution in [0.3, 0.4) is 0 Å². The number of hydrogen-bond acceptors (Lipinski definition) is 0. The number of hydrogen-bond donors (Lipinski definition) is 0. The highest BCUT2D eigenvalue weighted by Crippen LogP contribution is 2.25. The van der Waals surface area contributed by atoms with Gasteiger partial charge < -0.3 is 0 Å². The van der Waals surface area contributed by atoms with Crippen LogP contribution in [0, 0.1) is 0 Å². The highest BCUT2D eigenvalue weighted by molar-refractivity contribution is 5.42. The van der Waals surface area contributed by atoms with Gasteiger partial charge in [0, 0.05) is 0 Å². The maximum absolute atomic E-state index is 4.34. The van der Waals surface area contributed by atoms with E-state index in [-0.39, 0.29) is 0 Å². The lowest BCUT2D eigenvalue weighted by atomic mass is 9.91. The third kappa shape index (κ3) is 6.67. The molecule has 1 aromatic carbocycles. The van der Waals surface area contributed by atoms with Gasteiger partial charge in [0.2, 0.25) is 0 Å². The first kappa shape index (κ1) is 22.0. The molecule has 0 amide bonds. The van der Waals surface area contributed by atoms with Crippen LogP contribution >= 0.6 is 0 Å². The normalized spacial score (nSPS) is 12.8. The summed E-state index contributed by atoms with van der Waals surface area (Å²) in [6.45, 7) is 21.5. The molecule has 0 heterocycles. The Hall–Kier alpha value is -2.08.